The molecule has 100 valence electrons. The maximum Gasteiger partial charge on any atom is 0.305 e. The Balaban J connectivity index is 2.20. The summed E-state index contributed by atoms with van der Waals surface area (Å²) in [6.45, 7) is 3.04. The molecule has 0 fully saturated rings. The van der Waals surface area contributed by atoms with Crippen molar-refractivity contribution in [2.75, 3.05) is 12.3 Å². The van der Waals surface area contributed by atoms with Crippen molar-refractivity contribution in [3.63, 3.8) is 0 Å². The fraction of sp³-hybridized carbons (Fsp3) is 0.538. The Hall–Kier alpha value is -1.78. The number of aryl methyl sites for hydroxylation is 1. The lowest BCUT2D eigenvalue weighted by atomic mass is 10.2. The van der Waals surface area contributed by atoms with Gasteiger partial charge < -0.3 is 15.0 Å². The van der Waals surface area contributed by atoms with E-state index in [0.717, 1.165) is 25.8 Å². The Morgan fingerprint density at radius 1 is 1.39 bits per heavy atom. The lowest BCUT2D eigenvalue weighted by Crippen LogP contribution is -2.11. The van der Waals surface area contributed by atoms with Crippen LogP contribution in [-0.2, 0) is 16.1 Å². The number of ether oxygens (including phenoxy) is 1. The maximum absolute atomic E-state index is 11.1. The standard InChI is InChI=1S/C13H20N2O3/c1-2-18-13(17)6-4-3-5-8-15-9-7-12(16)11(14)10-15/h7,9-10H,2-6,8,14H2,1H3. The zero-order valence-electron chi connectivity index (χ0n) is 10.7. The summed E-state index contributed by atoms with van der Waals surface area (Å²) in [6, 6.07) is 1.47. The van der Waals surface area contributed by atoms with E-state index in [0.29, 0.717) is 13.0 Å². The van der Waals surface area contributed by atoms with E-state index >= 15 is 0 Å². The van der Waals surface area contributed by atoms with Crippen molar-refractivity contribution in [2.24, 2.45) is 0 Å². The Kier molecular flexibility index (Phi) is 5.97. The van der Waals surface area contributed by atoms with Crippen molar-refractivity contribution >= 4 is 11.7 Å². The predicted molar refractivity (Wildman–Crippen MR) is 70.2 cm³/mol. The summed E-state index contributed by atoms with van der Waals surface area (Å²) in [5.41, 5.74) is 5.65. The Labute approximate surface area is 107 Å². The molecule has 0 saturated carbocycles. The lowest BCUT2D eigenvalue weighted by molar-refractivity contribution is -0.143. The van der Waals surface area contributed by atoms with Crippen molar-refractivity contribution < 1.29 is 9.53 Å². The molecule has 5 nitrogen and oxygen atoms in total. The van der Waals surface area contributed by atoms with Gasteiger partial charge in [-0.2, -0.15) is 0 Å². The molecule has 0 amide bonds. The van der Waals surface area contributed by atoms with E-state index in [1.165, 1.54) is 6.07 Å². The zero-order chi connectivity index (χ0) is 13.4. The molecular weight excluding hydrogens is 232 g/mol. The van der Waals surface area contributed by atoms with E-state index in [9.17, 15) is 9.59 Å². The number of unbranched alkanes of at least 4 members (excludes halogenated alkanes) is 2. The van der Waals surface area contributed by atoms with Gasteiger partial charge in [-0.05, 0) is 19.8 Å². The molecule has 0 atom stereocenters. The van der Waals surface area contributed by atoms with Crippen LogP contribution >= 0.6 is 0 Å². The molecule has 18 heavy (non-hydrogen) atoms. The number of hydrogen-bond acceptors (Lipinski definition) is 4. The highest BCUT2D eigenvalue weighted by molar-refractivity contribution is 5.69. The van der Waals surface area contributed by atoms with Gasteiger partial charge in [0.15, 0.2) is 0 Å². The first kappa shape index (κ1) is 14.3. The monoisotopic (exact) mass is 252 g/mol. The first-order chi connectivity index (χ1) is 8.63. The van der Waals surface area contributed by atoms with Gasteiger partial charge in [0.2, 0.25) is 5.43 Å². The Bertz CT molecular complexity index is 440. The summed E-state index contributed by atoms with van der Waals surface area (Å²) >= 11 is 0. The molecule has 1 aromatic rings. The van der Waals surface area contributed by atoms with Crippen molar-refractivity contribution in [1.82, 2.24) is 4.57 Å². The third-order valence-corrected chi connectivity index (χ3v) is 2.61. The van der Waals surface area contributed by atoms with Crippen LogP contribution in [0.25, 0.3) is 0 Å². The van der Waals surface area contributed by atoms with E-state index in [-0.39, 0.29) is 17.1 Å². The maximum atomic E-state index is 11.1. The third kappa shape index (κ3) is 5.03. The van der Waals surface area contributed by atoms with Gasteiger partial charge in [-0.3, -0.25) is 9.59 Å². The summed E-state index contributed by atoms with van der Waals surface area (Å²) < 4.78 is 6.73. The van der Waals surface area contributed by atoms with Gasteiger partial charge in [0.25, 0.3) is 0 Å². The molecule has 0 aliphatic carbocycles. The predicted octanol–water partition coefficient (Wildman–Crippen LogP) is 1.55. The molecule has 0 aliphatic rings. The number of carbonyl (C=O) groups excluding carboxylic acids is 1. The summed E-state index contributed by atoms with van der Waals surface area (Å²) in [5.74, 6) is -0.134. The number of hydrogen-bond donors (Lipinski definition) is 1. The highest BCUT2D eigenvalue weighted by atomic mass is 16.5. The minimum absolute atomic E-state index is 0.134. The Morgan fingerprint density at radius 2 is 2.17 bits per heavy atom. The minimum atomic E-state index is -0.145. The van der Waals surface area contributed by atoms with Gasteiger partial charge in [0, 0.05) is 31.4 Å². The molecule has 0 spiro atoms. The largest absolute Gasteiger partial charge is 0.466 e. The molecule has 2 N–H and O–H groups in total. The average Bonchev–Trinajstić information content (AvgIpc) is 2.33. The topological polar surface area (TPSA) is 74.3 Å². The molecule has 5 heteroatoms. The quantitative estimate of drug-likeness (QED) is 0.590. The van der Waals surface area contributed by atoms with Gasteiger partial charge >= 0.3 is 5.97 Å². The first-order valence-electron chi connectivity index (χ1n) is 6.24. The molecule has 1 rings (SSSR count). The van der Waals surface area contributed by atoms with E-state index in [4.69, 9.17) is 10.5 Å². The van der Waals surface area contributed by atoms with E-state index in [1.54, 1.807) is 19.3 Å². The van der Waals surface area contributed by atoms with Crippen LogP contribution in [0.15, 0.2) is 23.3 Å². The number of nitrogens with zero attached hydrogens (tertiary/aromatic N) is 1. The number of rotatable bonds is 7. The van der Waals surface area contributed by atoms with Crippen LogP contribution < -0.4 is 11.2 Å². The second kappa shape index (κ2) is 7.53. The van der Waals surface area contributed by atoms with Crippen molar-refractivity contribution in [3.8, 4) is 0 Å². The fourth-order valence-electron chi connectivity index (χ4n) is 1.66. The number of nitrogens with two attached hydrogens (primary N) is 1. The van der Waals surface area contributed by atoms with Gasteiger partial charge in [-0.1, -0.05) is 6.42 Å². The molecule has 0 aromatic carbocycles. The highest BCUT2D eigenvalue weighted by Gasteiger charge is 2.01. The molecule has 0 radical (unpaired) electrons. The van der Waals surface area contributed by atoms with Crippen LogP contribution in [-0.4, -0.2) is 17.1 Å². The summed E-state index contributed by atoms with van der Waals surface area (Å²) in [6.07, 6.45) is 6.57. The molecule has 0 aliphatic heterocycles. The first-order valence-corrected chi connectivity index (χ1v) is 6.24. The van der Waals surface area contributed by atoms with Gasteiger partial charge in [0.05, 0.1) is 12.3 Å². The minimum Gasteiger partial charge on any atom is -0.466 e. The fourth-order valence-corrected chi connectivity index (χ4v) is 1.66. The van der Waals surface area contributed by atoms with Crippen molar-refractivity contribution in [1.29, 1.82) is 0 Å². The van der Waals surface area contributed by atoms with Crippen molar-refractivity contribution in [3.05, 3.63) is 28.7 Å². The number of pyridine rings is 1. The molecule has 1 heterocycles. The zero-order valence-corrected chi connectivity index (χ0v) is 10.7. The highest BCUT2D eigenvalue weighted by Crippen LogP contribution is 2.04. The van der Waals surface area contributed by atoms with E-state index in [2.05, 4.69) is 0 Å². The molecule has 1 aromatic heterocycles. The Morgan fingerprint density at radius 3 is 2.83 bits per heavy atom. The summed E-state index contributed by atoms with van der Waals surface area (Å²) in [5, 5.41) is 0. The third-order valence-electron chi connectivity index (χ3n) is 2.61. The smallest absolute Gasteiger partial charge is 0.305 e. The SMILES string of the molecule is CCOC(=O)CCCCCn1ccc(=O)c(N)c1. The number of carbonyl (C=O) groups is 1. The number of anilines is 1. The summed E-state index contributed by atoms with van der Waals surface area (Å²) in [7, 11) is 0. The number of aromatic nitrogens is 1. The molecule has 0 unspecified atom stereocenters. The second-order valence-electron chi connectivity index (χ2n) is 4.12. The number of esters is 1. The lowest BCUT2D eigenvalue weighted by Gasteiger charge is -2.06. The van der Waals surface area contributed by atoms with Gasteiger partial charge in [0.1, 0.15) is 0 Å². The molecule has 0 saturated heterocycles. The molecule has 0 bridgehead atoms. The second-order valence-corrected chi connectivity index (χ2v) is 4.12. The summed E-state index contributed by atoms with van der Waals surface area (Å²) in [4.78, 5) is 22.2. The van der Waals surface area contributed by atoms with E-state index < -0.39 is 0 Å². The van der Waals surface area contributed by atoms with Crippen LogP contribution in [0.5, 0.6) is 0 Å². The van der Waals surface area contributed by atoms with Crippen LogP contribution in [0.4, 0.5) is 5.69 Å². The van der Waals surface area contributed by atoms with Crippen LogP contribution in [0.1, 0.15) is 32.6 Å². The average molecular weight is 252 g/mol. The van der Waals surface area contributed by atoms with E-state index in [1.807, 2.05) is 4.57 Å². The van der Waals surface area contributed by atoms with Gasteiger partial charge in [-0.15, -0.1) is 0 Å². The van der Waals surface area contributed by atoms with Crippen LogP contribution in [0.2, 0.25) is 0 Å². The van der Waals surface area contributed by atoms with Crippen LogP contribution in [0, 0.1) is 0 Å². The van der Waals surface area contributed by atoms with Gasteiger partial charge in [-0.25, -0.2) is 0 Å². The van der Waals surface area contributed by atoms with Crippen molar-refractivity contribution in [2.45, 2.75) is 39.2 Å². The molecular formula is C13H20N2O3. The van der Waals surface area contributed by atoms with Crippen LogP contribution in [0.3, 0.4) is 0 Å². The normalized spacial score (nSPS) is 10.3. The number of nitrogen functional groups attached to an aromatic ring is 1.